The molecule has 2 aromatic carbocycles. The van der Waals surface area contributed by atoms with Gasteiger partial charge in [-0.2, -0.15) is 0 Å². The lowest BCUT2D eigenvalue weighted by molar-refractivity contribution is -0.167. The normalized spacial score (nSPS) is 18.5. The van der Waals surface area contributed by atoms with Crippen LogP contribution in [0.4, 0.5) is 0 Å². The molecule has 2 aromatic rings. The molecule has 278 valence electrons. The van der Waals surface area contributed by atoms with Gasteiger partial charge in [0.2, 0.25) is 0 Å². The molecule has 0 aromatic heterocycles. The van der Waals surface area contributed by atoms with E-state index >= 15 is 0 Å². The first-order chi connectivity index (χ1) is 24.0. The van der Waals surface area contributed by atoms with Crippen molar-refractivity contribution in [2.75, 3.05) is 0 Å². The Morgan fingerprint density at radius 3 is 1.10 bits per heavy atom. The molecule has 1 aliphatic heterocycles. The largest absolute Gasteiger partial charge is 0.371 e. The second-order valence-electron chi connectivity index (χ2n) is 15.2. The highest BCUT2D eigenvalue weighted by molar-refractivity contribution is 5.14. The number of unbranched alkanes of at least 4 members (excludes halogenated alkanes) is 18. The third kappa shape index (κ3) is 18.4. The fourth-order valence-electron chi connectivity index (χ4n) is 7.30. The van der Waals surface area contributed by atoms with Gasteiger partial charge in [-0.3, -0.25) is 0 Å². The van der Waals surface area contributed by atoms with Crippen LogP contribution in [0.1, 0.15) is 180 Å². The zero-order valence-corrected chi connectivity index (χ0v) is 32.2. The van der Waals surface area contributed by atoms with Crippen molar-refractivity contribution in [2.45, 2.75) is 212 Å². The molecular weight excluding hydrogens is 604 g/mol. The lowest BCUT2D eigenvalue weighted by Crippen LogP contribution is -2.44. The van der Waals surface area contributed by atoms with Crippen molar-refractivity contribution < 1.29 is 18.9 Å². The first-order valence-corrected chi connectivity index (χ1v) is 20.7. The maximum absolute atomic E-state index is 6.78. The zero-order valence-electron chi connectivity index (χ0n) is 32.2. The third-order valence-corrected chi connectivity index (χ3v) is 10.2. The second kappa shape index (κ2) is 26.1. The van der Waals surface area contributed by atoms with E-state index in [-0.39, 0.29) is 24.4 Å². The molecule has 49 heavy (non-hydrogen) atoms. The Hall–Kier alpha value is -1.72. The predicted octanol–water partition coefficient (Wildman–Crippen LogP) is 13.3. The fraction of sp³-hybridized carbons (Fsp3) is 0.733. The molecule has 1 heterocycles. The van der Waals surface area contributed by atoms with Crippen molar-refractivity contribution in [3.8, 4) is 0 Å². The second-order valence-corrected chi connectivity index (χ2v) is 15.2. The summed E-state index contributed by atoms with van der Waals surface area (Å²) in [6.07, 6.45) is 28.1. The average molecular weight is 679 g/mol. The van der Waals surface area contributed by atoms with Crippen LogP contribution < -0.4 is 0 Å². The molecule has 0 aliphatic carbocycles. The van der Waals surface area contributed by atoms with Crippen molar-refractivity contribution in [1.82, 2.24) is 0 Å². The molecule has 0 unspecified atom stereocenters. The molecule has 4 atom stereocenters. The third-order valence-electron chi connectivity index (χ3n) is 10.2. The summed E-state index contributed by atoms with van der Waals surface area (Å²) in [6.45, 7) is 9.88. The van der Waals surface area contributed by atoms with Crippen LogP contribution in [0.5, 0.6) is 0 Å². The molecule has 0 spiro atoms. The molecule has 1 saturated heterocycles. The van der Waals surface area contributed by atoms with Gasteiger partial charge in [-0.05, 0) is 37.8 Å². The Bertz CT molecular complexity index is 943. The molecule has 0 bridgehead atoms. The van der Waals surface area contributed by atoms with Crippen molar-refractivity contribution in [3.63, 3.8) is 0 Å². The van der Waals surface area contributed by atoms with Crippen molar-refractivity contribution in [3.05, 3.63) is 71.8 Å². The van der Waals surface area contributed by atoms with E-state index < -0.39 is 5.79 Å². The van der Waals surface area contributed by atoms with Crippen LogP contribution in [0.2, 0.25) is 0 Å². The molecule has 3 rings (SSSR count). The highest BCUT2D eigenvalue weighted by Gasteiger charge is 2.49. The highest BCUT2D eigenvalue weighted by atomic mass is 16.8. The van der Waals surface area contributed by atoms with Crippen molar-refractivity contribution in [1.29, 1.82) is 0 Å². The first-order valence-electron chi connectivity index (χ1n) is 20.7. The molecule has 0 N–H and O–H groups in total. The monoisotopic (exact) mass is 679 g/mol. The van der Waals surface area contributed by atoms with Crippen LogP contribution in [0.15, 0.2) is 60.7 Å². The quantitative estimate of drug-likeness (QED) is 0.0771. The molecule has 4 heteroatoms. The van der Waals surface area contributed by atoms with E-state index in [9.17, 15) is 0 Å². The minimum Gasteiger partial charge on any atom is -0.371 e. The Morgan fingerprint density at radius 1 is 0.469 bits per heavy atom. The summed E-state index contributed by atoms with van der Waals surface area (Å²) in [5.74, 6) is -0.673. The van der Waals surface area contributed by atoms with Crippen LogP contribution in [0, 0.1) is 0 Å². The van der Waals surface area contributed by atoms with Crippen LogP contribution in [0.3, 0.4) is 0 Å². The summed E-state index contributed by atoms with van der Waals surface area (Å²) in [5.41, 5.74) is 2.40. The van der Waals surface area contributed by atoms with Crippen LogP contribution in [0.25, 0.3) is 0 Å². The number of ether oxygens (including phenoxy) is 4. The number of hydrogen-bond acceptors (Lipinski definition) is 4. The number of benzene rings is 2. The summed E-state index contributed by atoms with van der Waals surface area (Å²) >= 11 is 0. The molecule has 0 saturated carbocycles. The van der Waals surface area contributed by atoms with E-state index in [1.54, 1.807) is 0 Å². The van der Waals surface area contributed by atoms with E-state index in [1.165, 1.54) is 127 Å². The Labute approximate surface area is 302 Å². The highest BCUT2D eigenvalue weighted by Crippen LogP contribution is 2.37. The number of rotatable bonds is 30. The van der Waals surface area contributed by atoms with Gasteiger partial charge >= 0.3 is 0 Å². The van der Waals surface area contributed by atoms with Gasteiger partial charge in [0.25, 0.3) is 0 Å². The fourth-order valence-corrected chi connectivity index (χ4v) is 7.30. The first kappa shape index (κ1) is 41.7. The predicted molar refractivity (Wildman–Crippen MR) is 207 cm³/mol. The van der Waals surface area contributed by atoms with Gasteiger partial charge < -0.3 is 18.9 Å². The minimum absolute atomic E-state index is 0.0449. The van der Waals surface area contributed by atoms with Crippen molar-refractivity contribution in [2.24, 2.45) is 0 Å². The van der Waals surface area contributed by atoms with E-state index in [2.05, 4.69) is 88.4 Å². The van der Waals surface area contributed by atoms with Gasteiger partial charge in [-0.1, -0.05) is 203 Å². The van der Waals surface area contributed by atoms with Crippen LogP contribution in [-0.4, -0.2) is 30.2 Å². The van der Waals surface area contributed by atoms with Gasteiger partial charge in [0.05, 0.1) is 25.4 Å². The maximum atomic E-state index is 6.78. The molecule has 0 radical (unpaired) electrons. The van der Waals surface area contributed by atoms with E-state index in [0.717, 1.165) is 25.7 Å². The van der Waals surface area contributed by atoms with Crippen LogP contribution >= 0.6 is 0 Å². The molecule has 1 aliphatic rings. The average Bonchev–Trinajstić information content (AvgIpc) is 3.44. The van der Waals surface area contributed by atoms with Crippen molar-refractivity contribution >= 4 is 0 Å². The molecule has 0 amide bonds. The summed E-state index contributed by atoms with van der Waals surface area (Å²) < 4.78 is 27.1. The Kier molecular flexibility index (Phi) is 22.2. The lowest BCUT2D eigenvalue weighted by atomic mass is 9.94. The maximum Gasteiger partial charge on any atom is 0.164 e. The van der Waals surface area contributed by atoms with Gasteiger partial charge in [0.1, 0.15) is 12.2 Å². The van der Waals surface area contributed by atoms with E-state index in [1.807, 2.05) is 0 Å². The summed E-state index contributed by atoms with van der Waals surface area (Å²) in [5, 5.41) is 0. The standard InChI is InChI=1S/C45H74O4/c1-5-7-9-11-13-15-17-19-21-29-35-41(46-37-39-31-25-23-26-32-39)43-44(49-45(3,4)48-43)42(47-38-40-33-27-24-28-34-40)36-30-22-20-18-16-14-12-10-8-6-2/h23-28,31-34,41-44H,5-22,29-30,35-38H2,1-4H3/t41-,42-,43-,44-/m1/s1. The van der Waals surface area contributed by atoms with E-state index in [4.69, 9.17) is 18.9 Å². The SMILES string of the molecule is CCCCCCCCCCCC[C@@H](OCc1ccccc1)[C@H]1OC(C)(C)O[C@@H]1[C@@H](CCCCCCCCCCCC)OCc1ccccc1. The number of hydrogen-bond donors (Lipinski definition) is 0. The Balaban J connectivity index is 1.61. The topological polar surface area (TPSA) is 36.9 Å². The summed E-state index contributed by atoms with van der Waals surface area (Å²) in [4.78, 5) is 0. The summed E-state index contributed by atoms with van der Waals surface area (Å²) in [7, 11) is 0. The van der Waals surface area contributed by atoms with Gasteiger partial charge in [-0.15, -0.1) is 0 Å². The lowest BCUT2D eigenvalue weighted by Gasteiger charge is -2.31. The Morgan fingerprint density at radius 2 is 0.776 bits per heavy atom. The molecular formula is C45H74O4. The van der Waals surface area contributed by atoms with Gasteiger partial charge in [0.15, 0.2) is 5.79 Å². The molecule has 1 fully saturated rings. The zero-order chi connectivity index (χ0) is 34.8. The van der Waals surface area contributed by atoms with Gasteiger partial charge in [0, 0.05) is 0 Å². The van der Waals surface area contributed by atoms with Gasteiger partial charge in [-0.25, -0.2) is 0 Å². The smallest absolute Gasteiger partial charge is 0.164 e. The molecule has 4 nitrogen and oxygen atoms in total. The van der Waals surface area contributed by atoms with Crippen LogP contribution in [-0.2, 0) is 32.2 Å². The minimum atomic E-state index is -0.673. The van der Waals surface area contributed by atoms with E-state index in [0.29, 0.717) is 13.2 Å². The summed E-state index contributed by atoms with van der Waals surface area (Å²) in [6, 6.07) is 21.1.